The van der Waals surface area contributed by atoms with Gasteiger partial charge in [0, 0.05) is 5.54 Å². The maximum absolute atomic E-state index is 11.5. The Labute approximate surface area is 95.7 Å². The minimum absolute atomic E-state index is 0.0603. The standard InChI is InChI=1S/C11H18N4O/c1-8-5-6-9(15-14-8)12-7-10(16)13-11(2,3)4/h5-6H,7H2,1-4H3,(H,12,15)(H,13,16). The smallest absolute Gasteiger partial charge is 0.239 e. The Bertz CT molecular complexity index is 353. The molecule has 1 aromatic rings. The number of nitrogens with zero attached hydrogens (tertiary/aromatic N) is 2. The minimum Gasteiger partial charge on any atom is -0.360 e. The van der Waals surface area contributed by atoms with E-state index < -0.39 is 0 Å². The molecule has 0 saturated heterocycles. The van der Waals surface area contributed by atoms with E-state index in [1.165, 1.54) is 0 Å². The maximum atomic E-state index is 11.5. The van der Waals surface area contributed by atoms with Crippen LogP contribution >= 0.6 is 0 Å². The van der Waals surface area contributed by atoms with E-state index in [4.69, 9.17) is 0 Å². The Morgan fingerprint density at radius 3 is 2.50 bits per heavy atom. The molecule has 5 heteroatoms. The monoisotopic (exact) mass is 222 g/mol. The van der Waals surface area contributed by atoms with Gasteiger partial charge in [0.15, 0.2) is 0 Å². The minimum atomic E-state index is -0.211. The highest BCUT2D eigenvalue weighted by atomic mass is 16.2. The van der Waals surface area contributed by atoms with Crippen molar-refractivity contribution in [2.75, 3.05) is 11.9 Å². The highest BCUT2D eigenvalue weighted by Gasteiger charge is 2.13. The van der Waals surface area contributed by atoms with Gasteiger partial charge in [0.1, 0.15) is 5.82 Å². The SMILES string of the molecule is Cc1ccc(NCC(=O)NC(C)(C)C)nn1. The van der Waals surface area contributed by atoms with Gasteiger partial charge in [-0.05, 0) is 39.8 Å². The highest BCUT2D eigenvalue weighted by molar-refractivity contribution is 5.80. The second kappa shape index (κ2) is 4.92. The lowest BCUT2D eigenvalue weighted by molar-refractivity contribution is -0.120. The number of nitrogens with one attached hydrogen (secondary N) is 2. The van der Waals surface area contributed by atoms with E-state index in [2.05, 4.69) is 20.8 Å². The molecule has 0 aliphatic carbocycles. The van der Waals surface area contributed by atoms with E-state index in [1.807, 2.05) is 33.8 Å². The normalized spacial score (nSPS) is 11.0. The predicted molar refractivity (Wildman–Crippen MR) is 63.2 cm³/mol. The summed E-state index contributed by atoms with van der Waals surface area (Å²) in [7, 11) is 0. The van der Waals surface area contributed by atoms with Gasteiger partial charge >= 0.3 is 0 Å². The lowest BCUT2D eigenvalue weighted by Gasteiger charge is -2.20. The van der Waals surface area contributed by atoms with E-state index in [1.54, 1.807) is 6.07 Å². The summed E-state index contributed by atoms with van der Waals surface area (Å²) < 4.78 is 0. The van der Waals surface area contributed by atoms with Gasteiger partial charge in [-0.25, -0.2) is 0 Å². The van der Waals surface area contributed by atoms with E-state index in [0.717, 1.165) is 5.69 Å². The van der Waals surface area contributed by atoms with Gasteiger partial charge in [-0.1, -0.05) is 0 Å². The number of hydrogen-bond donors (Lipinski definition) is 2. The van der Waals surface area contributed by atoms with Gasteiger partial charge < -0.3 is 10.6 Å². The Morgan fingerprint density at radius 2 is 2.00 bits per heavy atom. The summed E-state index contributed by atoms with van der Waals surface area (Å²) >= 11 is 0. The fraction of sp³-hybridized carbons (Fsp3) is 0.545. The topological polar surface area (TPSA) is 66.9 Å². The summed E-state index contributed by atoms with van der Waals surface area (Å²) in [5.74, 6) is 0.546. The van der Waals surface area contributed by atoms with Gasteiger partial charge in [0.05, 0.1) is 12.2 Å². The second-order valence-corrected chi connectivity index (χ2v) is 4.71. The Hall–Kier alpha value is -1.65. The molecule has 0 spiro atoms. The van der Waals surface area contributed by atoms with Gasteiger partial charge in [-0.2, -0.15) is 5.10 Å². The molecule has 0 unspecified atom stereocenters. The quantitative estimate of drug-likeness (QED) is 0.804. The van der Waals surface area contributed by atoms with Crippen molar-refractivity contribution in [1.29, 1.82) is 0 Å². The molecule has 88 valence electrons. The van der Waals surface area contributed by atoms with E-state index >= 15 is 0 Å². The summed E-state index contributed by atoms with van der Waals surface area (Å²) in [6.45, 7) is 7.89. The summed E-state index contributed by atoms with van der Waals surface area (Å²) in [6.07, 6.45) is 0. The van der Waals surface area contributed by atoms with Crippen molar-refractivity contribution in [1.82, 2.24) is 15.5 Å². The summed E-state index contributed by atoms with van der Waals surface area (Å²) in [5.41, 5.74) is 0.641. The van der Waals surface area contributed by atoms with E-state index in [0.29, 0.717) is 5.82 Å². The highest BCUT2D eigenvalue weighted by Crippen LogP contribution is 2.01. The fourth-order valence-electron chi connectivity index (χ4n) is 1.13. The molecule has 2 N–H and O–H groups in total. The van der Waals surface area contributed by atoms with Crippen molar-refractivity contribution in [2.45, 2.75) is 33.2 Å². The zero-order valence-corrected chi connectivity index (χ0v) is 10.2. The molecular weight excluding hydrogens is 204 g/mol. The molecular formula is C11H18N4O. The Morgan fingerprint density at radius 1 is 1.31 bits per heavy atom. The van der Waals surface area contributed by atoms with Gasteiger partial charge in [-0.15, -0.1) is 5.10 Å². The number of aryl methyl sites for hydroxylation is 1. The number of amides is 1. The molecule has 1 amide bonds. The van der Waals surface area contributed by atoms with Crippen molar-refractivity contribution in [3.8, 4) is 0 Å². The predicted octanol–water partition coefficient (Wildman–Crippen LogP) is 1.11. The lowest BCUT2D eigenvalue weighted by atomic mass is 10.1. The summed E-state index contributed by atoms with van der Waals surface area (Å²) in [6, 6.07) is 3.64. The van der Waals surface area contributed by atoms with Crippen LogP contribution in [0.1, 0.15) is 26.5 Å². The molecule has 0 radical (unpaired) electrons. The molecule has 1 aromatic heterocycles. The average Bonchev–Trinajstić information content (AvgIpc) is 2.14. The van der Waals surface area contributed by atoms with Crippen LogP contribution in [-0.2, 0) is 4.79 Å². The number of hydrogen-bond acceptors (Lipinski definition) is 4. The molecule has 0 aliphatic heterocycles. The first-order valence-electron chi connectivity index (χ1n) is 5.22. The second-order valence-electron chi connectivity index (χ2n) is 4.71. The number of carbonyl (C=O) groups is 1. The first-order chi connectivity index (χ1) is 7.37. The van der Waals surface area contributed by atoms with Crippen LogP contribution in [0.2, 0.25) is 0 Å². The third-order valence-electron chi connectivity index (χ3n) is 1.74. The van der Waals surface area contributed by atoms with Gasteiger partial charge in [0.2, 0.25) is 5.91 Å². The first-order valence-corrected chi connectivity index (χ1v) is 5.22. The van der Waals surface area contributed by atoms with Crippen molar-refractivity contribution < 1.29 is 4.79 Å². The molecule has 0 atom stereocenters. The molecule has 0 bridgehead atoms. The number of aromatic nitrogens is 2. The van der Waals surface area contributed by atoms with Gasteiger partial charge in [0.25, 0.3) is 0 Å². The molecule has 0 saturated carbocycles. The van der Waals surface area contributed by atoms with Crippen molar-refractivity contribution in [3.63, 3.8) is 0 Å². The summed E-state index contributed by atoms with van der Waals surface area (Å²) in [4.78, 5) is 11.5. The van der Waals surface area contributed by atoms with Crippen molar-refractivity contribution in [3.05, 3.63) is 17.8 Å². The molecule has 16 heavy (non-hydrogen) atoms. The van der Waals surface area contributed by atoms with Crippen LogP contribution < -0.4 is 10.6 Å². The first kappa shape index (κ1) is 12.4. The van der Waals surface area contributed by atoms with Crippen LogP contribution in [0.3, 0.4) is 0 Å². The van der Waals surface area contributed by atoms with Crippen LogP contribution in [0.15, 0.2) is 12.1 Å². The Balaban J connectivity index is 2.40. The lowest BCUT2D eigenvalue weighted by Crippen LogP contribution is -2.43. The third-order valence-corrected chi connectivity index (χ3v) is 1.74. The molecule has 5 nitrogen and oxygen atoms in total. The average molecular weight is 222 g/mol. The zero-order chi connectivity index (χ0) is 12.2. The molecule has 0 fully saturated rings. The van der Waals surface area contributed by atoms with Crippen LogP contribution in [0.5, 0.6) is 0 Å². The van der Waals surface area contributed by atoms with Crippen LogP contribution in [0, 0.1) is 6.92 Å². The van der Waals surface area contributed by atoms with E-state index in [-0.39, 0.29) is 18.0 Å². The third kappa shape index (κ3) is 4.72. The maximum Gasteiger partial charge on any atom is 0.239 e. The van der Waals surface area contributed by atoms with Crippen LogP contribution in [0.25, 0.3) is 0 Å². The fourth-order valence-corrected chi connectivity index (χ4v) is 1.13. The van der Waals surface area contributed by atoms with Crippen LogP contribution in [-0.4, -0.2) is 28.2 Å². The number of carbonyl (C=O) groups excluding carboxylic acids is 1. The van der Waals surface area contributed by atoms with E-state index in [9.17, 15) is 4.79 Å². The van der Waals surface area contributed by atoms with Crippen molar-refractivity contribution in [2.24, 2.45) is 0 Å². The zero-order valence-electron chi connectivity index (χ0n) is 10.2. The molecule has 0 aromatic carbocycles. The number of anilines is 1. The number of rotatable bonds is 3. The van der Waals surface area contributed by atoms with Crippen molar-refractivity contribution >= 4 is 11.7 Å². The molecule has 1 heterocycles. The van der Waals surface area contributed by atoms with Gasteiger partial charge in [-0.3, -0.25) is 4.79 Å². The largest absolute Gasteiger partial charge is 0.360 e. The van der Waals surface area contributed by atoms with Crippen LogP contribution in [0.4, 0.5) is 5.82 Å². The molecule has 1 rings (SSSR count). The molecule has 0 aliphatic rings. The Kier molecular flexibility index (Phi) is 3.82. The summed E-state index contributed by atoms with van der Waals surface area (Å²) in [5, 5.41) is 13.6.